The zero-order valence-electron chi connectivity index (χ0n) is 12.5. The van der Waals surface area contributed by atoms with Crippen molar-refractivity contribution in [3.05, 3.63) is 0 Å². The second kappa shape index (κ2) is 8.12. The molecule has 0 spiro atoms. The molecular formula is C15H28N4O. The van der Waals surface area contributed by atoms with E-state index in [9.17, 15) is 4.79 Å². The molecule has 0 unspecified atom stereocenters. The lowest BCUT2D eigenvalue weighted by Crippen LogP contribution is -2.39. The molecule has 5 heteroatoms. The van der Waals surface area contributed by atoms with E-state index < -0.39 is 0 Å². The number of nitrogens with zero attached hydrogens (tertiary/aromatic N) is 3. The lowest BCUT2D eigenvalue weighted by molar-refractivity contribution is -0.131. The number of rotatable bonds is 3. The zero-order valence-corrected chi connectivity index (χ0v) is 12.5. The van der Waals surface area contributed by atoms with Crippen LogP contribution in [0.3, 0.4) is 0 Å². The molecule has 0 aromatic carbocycles. The topological polar surface area (TPSA) is 61.9 Å². The van der Waals surface area contributed by atoms with Crippen molar-refractivity contribution in [1.29, 1.82) is 0 Å². The van der Waals surface area contributed by atoms with Gasteiger partial charge in [0.25, 0.3) is 0 Å². The summed E-state index contributed by atoms with van der Waals surface area (Å²) in [6.45, 7) is 4.39. The highest BCUT2D eigenvalue weighted by atomic mass is 16.2. The second-order valence-electron chi connectivity index (χ2n) is 5.83. The molecule has 2 rings (SSSR count). The SMILES string of the molecule is NC(=NCCC(=O)N1CCCCC1)N1CCCCCC1. The fourth-order valence-corrected chi connectivity index (χ4v) is 2.97. The van der Waals surface area contributed by atoms with Gasteiger partial charge in [-0.05, 0) is 32.1 Å². The van der Waals surface area contributed by atoms with Gasteiger partial charge < -0.3 is 15.5 Å². The summed E-state index contributed by atoms with van der Waals surface area (Å²) in [5, 5.41) is 0. The number of carbonyl (C=O) groups excluding carboxylic acids is 1. The molecule has 0 bridgehead atoms. The third-order valence-electron chi connectivity index (χ3n) is 4.24. The number of amides is 1. The highest BCUT2D eigenvalue weighted by Crippen LogP contribution is 2.11. The first-order valence-corrected chi connectivity index (χ1v) is 8.10. The summed E-state index contributed by atoms with van der Waals surface area (Å²) in [6.07, 6.45) is 9.01. The van der Waals surface area contributed by atoms with Crippen LogP contribution in [-0.2, 0) is 4.79 Å². The molecule has 2 heterocycles. The molecule has 2 fully saturated rings. The number of piperidine rings is 1. The van der Waals surface area contributed by atoms with Crippen LogP contribution < -0.4 is 5.73 Å². The third kappa shape index (κ3) is 4.69. The Balaban J connectivity index is 1.72. The average Bonchev–Trinajstić information content (AvgIpc) is 2.77. The van der Waals surface area contributed by atoms with Crippen molar-refractivity contribution in [3.63, 3.8) is 0 Å². The predicted molar refractivity (Wildman–Crippen MR) is 81.6 cm³/mol. The minimum atomic E-state index is 0.233. The molecule has 0 aromatic heterocycles. The predicted octanol–water partition coefficient (Wildman–Crippen LogP) is 1.58. The van der Waals surface area contributed by atoms with Crippen LogP contribution in [0.2, 0.25) is 0 Å². The summed E-state index contributed by atoms with van der Waals surface area (Å²) >= 11 is 0. The summed E-state index contributed by atoms with van der Waals surface area (Å²) in [5.74, 6) is 0.857. The van der Waals surface area contributed by atoms with Crippen LogP contribution in [0.5, 0.6) is 0 Å². The lowest BCUT2D eigenvalue weighted by Gasteiger charge is -2.26. The van der Waals surface area contributed by atoms with Gasteiger partial charge in [-0.1, -0.05) is 12.8 Å². The van der Waals surface area contributed by atoms with Crippen molar-refractivity contribution in [2.45, 2.75) is 51.4 Å². The van der Waals surface area contributed by atoms with E-state index in [-0.39, 0.29) is 5.91 Å². The molecule has 0 radical (unpaired) electrons. The van der Waals surface area contributed by atoms with Crippen LogP contribution in [0.4, 0.5) is 0 Å². The van der Waals surface area contributed by atoms with E-state index in [0.717, 1.165) is 39.0 Å². The fraction of sp³-hybridized carbons (Fsp3) is 0.867. The molecule has 114 valence electrons. The smallest absolute Gasteiger partial charge is 0.224 e. The Morgan fingerprint density at radius 3 is 1.95 bits per heavy atom. The Bertz CT molecular complexity index is 329. The van der Waals surface area contributed by atoms with E-state index in [1.165, 1.54) is 32.1 Å². The van der Waals surface area contributed by atoms with Gasteiger partial charge in [0.2, 0.25) is 5.91 Å². The molecule has 0 aromatic rings. The molecule has 2 N–H and O–H groups in total. The zero-order chi connectivity index (χ0) is 14.2. The molecule has 2 saturated heterocycles. The van der Waals surface area contributed by atoms with Crippen molar-refractivity contribution in [2.75, 3.05) is 32.7 Å². The van der Waals surface area contributed by atoms with E-state index >= 15 is 0 Å². The number of carbonyl (C=O) groups is 1. The average molecular weight is 280 g/mol. The molecule has 5 nitrogen and oxygen atoms in total. The minimum absolute atomic E-state index is 0.233. The number of guanidine groups is 1. The molecular weight excluding hydrogens is 252 g/mol. The number of hydrogen-bond acceptors (Lipinski definition) is 2. The van der Waals surface area contributed by atoms with Crippen molar-refractivity contribution in [1.82, 2.24) is 9.80 Å². The number of hydrogen-bond donors (Lipinski definition) is 1. The Morgan fingerprint density at radius 2 is 1.35 bits per heavy atom. The van der Waals surface area contributed by atoms with Gasteiger partial charge in [0, 0.05) is 32.6 Å². The Labute approximate surface area is 122 Å². The van der Waals surface area contributed by atoms with Crippen molar-refractivity contribution >= 4 is 11.9 Å². The molecule has 0 aliphatic carbocycles. The summed E-state index contributed by atoms with van der Waals surface area (Å²) in [4.78, 5) is 20.5. The van der Waals surface area contributed by atoms with Gasteiger partial charge in [-0.15, -0.1) is 0 Å². The first-order chi connectivity index (χ1) is 9.77. The van der Waals surface area contributed by atoms with Gasteiger partial charge in [0.15, 0.2) is 5.96 Å². The maximum Gasteiger partial charge on any atom is 0.224 e. The second-order valence-corrected chi connectivity index (χ2v) is 5.83. The lowest BCUT2D eigenvalue weighted by atomic mass is 10.1. The van der Waals surface area contributed by atoms with Gasteiger partial charge in [-0.2, -0.15) is 0 Å². The normalized spacial score (nSPS) is 21.7. The Hall–Kier alpha value is -1.26. The van der Waals surface area contributed by atoms with Gasteiger partial charge in [-0.3, -0.25) is 9.79 Å². The molecule has 0 saturated carbocycles. The van der Waals surface area contributed by atoms with Crippen LogP contribution >= 0.6 is 0 Å². The highest BCUT2D eigenvalue weighted by Gasteiger charge is 2.16. The standard InChI is InChI=1S/C15H28N4O/c16-15(19-12-4-1-2-5-13-19)17-9-8-14(20)18-10-6-3-7-11-18/h1-13H2,(H2,16,17). The molecule has 2 aliphatic heterocycles. The van der Waals surface area contributed by atoms with Gasteiger partial charge >= 0.3 is 0 Å². The maximum absolute atomic E-state index is 12.0. The Morgan fingerprint density at radius 1 is 0.850 bits per heavy atom. The monoisotopic (exact) mass is 280 g/mol. The van der Waals surface area contributed by atoms with Crippen LogP contribution in [-0.4, -0.2) is 54.4 Å². The van der Waals surface area contributed by atoms with E-state index in [1.807, 2.05) is 4.90 Å². The minimum Gasteiger partial charge on any atom is -0.370 e. The molecule has 2 aliphatic rings. The number of aliphatic imine (C=N–C) groups is 1. The van der Waals surface area contributed by atoms with Crippen LogP contribution in [0.15, 0.2) is 4.99 Å². The van der Waals surface area contributed by atoms with E-state index in [4.69, 9.17) is 5.73 Å². The summed E-state index contributed by atoms with van der Waals surface area (Å²) in [6, 6.07) is 0. The quantitative estimate of drug-likeness (QED) is 0.630. The largest absolute Gasteiger partial charge is 0.370 e. The van der Waals surface area contributed by atoms with Crippen molar-refractivity contribution in [3.8, 4) is 0 Å². The summed E-state index contributed by atoms with van der Waals surface area (Å²) in [7, 11) is 0. The molecule has 0 atom stereocenters. The van der Waals surface area contributed by atoms with Crippen LogP contribution in [0.1, 0.15) is 51.4 Å². The highest BCUT2D eigenvalue weighted by molar-refractivity contribution is 5.79. The number of nitrogens with two attached hydrogens (primary N) is 1. The molecule has 1 amide bonds. The van der Waals surface area contributed by atoms with Crippen LogP contribution in [0, 0.1) is 0 Å². The Kier molecular flexibility index (Phi) is 6.15. The third-order valence-corrected chi connectivity index (χ3v) is 4.24. The van der Waals surface area contributed by atoms with E-state index in [2.05, 4.69) is 9.89 Å². The van der Waals surface area contributed by atoms with Gasteiger partial charge in [-0.25, -0.2) is 0 Å². The summed E-state index contributed by atoms with van der Waals surface area (Å²) < 4.78 is 0. The fourth-order valence-electron chi connectivity index (χ4n) is 2.97. The number of likely N-dealkylation sites (tertiary alicyclic amines) is 2. The molecule has 20 heavy (non-hydrogen) atoms. The maximum atomic E-state index is 12.0. The van der Waals surface area contributed by atoms with Crippen molar-refractivity contribution < 1.29 is 4.79 Å². The van der Waals surface area contributed by atoms with Crippen LogP contribution in [0.25, 0.3) is 0 Å². The van der Waals surface area contributed by atoms with Gasteiger partial charge in [0.1, 0.15) is 0 Å². The first kappa shape index (κ1) is 15.1. The van der Waals surface area contributed by atoms with E-state index in [1.54, 1.807) is 0 Å². The van der Waals surface area contributed by atoms with Gasteiger partial charge in [0.05, 0.1) is 6.54 Å². The summed E-state index contributed by atoms with van der Waals surface area (Å²) in [5.41, 5.74) is 6.03. The van der Waals surface area contributed by atoms with Crippen molar-refractivity contribution in [2.24, 2.45) is 10.7 Å². The van der Waals surface area contributed by atoms with E-state index in [0.29, 0.717) is 18.9 Å². The first-order valence-electron chi connectivity index (χ1n) is 8.10.